The highest BCUT2D eigenvalue weighted by Crippen LogP contribution is 2.11. The Hall–Kier alpha value is -0.670. The molecule has 0 radical (unpaired) electrons. The van der Waals surface area contributed by atoms with E-state index in [9.17, 15) is 4.79 Å². The first-order chi connectivity index (χ1) is 6.86. The molecule has 0 amide bonds. The van der Waals surface area contributed by atoms with Crippen LogP contribution in [0, 0.1) is 0 Å². The van der Waals surface area contributed by atoms with Crippen molar-refractivity contribution in [3.63, 3.8) is 0 Å². The Balaban J connectivity index is 1.87. The molecule has 0 bridgehead atoms. The molecular weight excluding hydrogens is 194 g/mol. The second-order valence-corrected chi connectivity index (χ2v) is 4.55. The van der Waals surface area contributed by atoms with Crippen molar-refractivity contribution in [3.05, 3.63) is 22.4 Å². The lowest BCUT2D eigenvalue weighted by Gasteiger charge is -2.25. The highest BCUT2D eigenvalue weighted by molar-refractivity contribution is 7.08. The standard InChI is InChI=1S/C11H15NOS/c13-11(10-4-7-14-9-10)8-12-5-2-1-3-6-12/h4,7,9H,1-3,5-6,8H2. The van der Waals surface area contributed by atoms with Crippen molar-refractivity contribution >= 4 is 17.1 Å². The highest BCUT2D eigenvalue weighted by atomic mass is 32.1. The molecule has 14 heavy (non-hydrogen) atoms. The summed E-state index contributed by atoms with van der Waals surface area (Å²) in [6, 6.07) is 1.91. The average Bonchev–Trinajstić information content (AvgIpc) is 2.72. The third-order valence-corrected chi connectivity index (χ3v) is 3.34. The Labute approximate surface area is 88.5 Å². The van der Waals surface area contributed by atoms with Crippen LogP contribution in [-0.2, 0) is 0 Å². The van der Waals surface area contributed by atoms with Crippen molar-refractivity contribution in [2.24, 2.45) is 0 Å². The van der Waals surface area contributed by atoms with E-state index < -0.39 is 0 Å². The molecule has 0 unspecified atom stereocenters. The van der Waals surface area contributed by atoms with Gasteiger partial charge in [0.05, 0.1) is 6.54 Å². The van der Waals surface area contributed by atoms with Crippen LogP contribution in [0.2, 0.25) is 0 Å². The lowest BCUT2D eigenvalue weighted by Crippen LogP contribution is -2.34. The van der Waals surface area contributed by atoms with Crippen molar-refractivity contribution in [2.75, 3.05) is 19.6 Å². The largest absolute Gasteiger partial charge is 0.296 e. The molecule has 1 aromatic heterocycles. The minimum Gasteiger partial charge on any atom is -0.296 e. The van der Waals surface area contributed by atoms with E-state index >= 15 is 0 Å². The van der Waals surface area contributed by atoms with Gasteiger partial charge in [-0.25, -0.2) is 0 Å². The maximum Gasteiger partial charge on any atom is 0.177 e. The Morgan fingerprint density at radius 1 is 1.36 bits per heavy atom. The molecule has 2 rings (SSSR count). The predicted molar refractivity (Wildman–Crippen MR) is 58.9 cm³/mol. The van der Waals surface area contributed by atoms with E-state index in [1.54, 1.807) is 11.3 Å². The number of likely N-dealkylation sites (tertiary alicyclic amines) is 1. The summed E-state index contributed by atoms with van der Waals surface area (Å²) in [5.41, 5.74) is 0.876. The zero-order valence-corrected chi connectivity index (χ0v) is 9.05. The summed E-state index contributed by atoms with van der Waals surface area (Å²) >= 11 is 1.59. The van der Waals surface area contributed by atoms with Crippen LogP contribution in [0.4, 0.5) is 0 Å². The van der Waals surface area contributed by atoms with Crippen LogP contribution < -0.4 is 0 Å². The van der Waals surface area contributed by atoms with Crippen LogP contribution in [0.1, 0.15) is 29.6 Å². The van der Waals surface area contributed by atoms with Gasteiger partial charge in [-0.05, 0) is 37.4 Å². The minimum atomic E-state index is 0.271. The Bertz CT molecular complexity index is 288. The fourth-order valence-electron chi connectivity index (χ4n) is 1.84. The van der Waals surface area contributed by atoms with E-state index in [0.717, 1.165) is 18.7 Å². The van der Waals surface area contributed by atoms with Gasteiger partial charge in [0.1, 0.15) is 0 Å². The summed E-state index contributed by atoms with van der Waals surface area (Å²) in [4.78, 5) is 14.0. The first-order valence-corrected chi connectivity index (χ1v) is 6.08. The summed E-state index contributed by atoms with van der Waals surface area (Å²) in [6.07, 6.45) is 3.82. The number of Topliss-reactive ketones (excluding diaryl/α,β-unsaturated/α-hetero) is 1. The first-order valence-electron chi connectivity index (χ1n) is 5.14. The third kappa shape index (κ3) is 2.42. The van der Waals surface area contributed by atoms with Crippen molar-refractivity contribution in [2.45, 2.75) is 19.3 Å². The first kappa shape index (κ1) is 9.87. The number of piperidine rings is 1. The smallest absolute Gasteiger partial charge is 0.177 e. The second-order valence-electron chi connectivity index (χ2n) is 3.77. The van der Waals surface area contributed by atoms with Gasteiger partial charge >= 0.3 is 0 Å². The predicted octanol–water partition coefficient (Wildman–Crippen LogP) is 2.42. The topological polar surface area (TPSA) is 20.3 Å². The summed E-state index contributed by atoms with van der Waals surface area (Å²) < 4.78 is 0. The van der Waals surface area contributed by atoms with Gasteiger partial charge in [-0.15, -0.1) is 0 Å². The van der Waals surface area contributed by atoms with Gasteiger partial charge in [0, 0.05) is 10.9 Å². The molecule has 0 atom stereocenters. The zero-order valence-electron chi connectivity index (χ0n) is 8.24. The number of carbonyl (C=O) groups excluding carboxylic acids is 1. The Kier molecular flexibility index (Phi) is 3.32. The molecule has 1 aliphatic heterocycles. The van der Waals surface area contributed by atoms with E-state index in [-0.39, 0.29) is 5.78 Å². The number of carbonyl (C=O) groups is 1. The van der Waals surface area contributed by atoms with Crippen LogP contribution in [0.25, 0.3) is 0 Å². The molecule has 2 heterocycles. The van der Waals surface area contributed by atoms with E-state index in [4.69, 9.17) is 0 Å². The van der Waals surface area contributed by atoms with Crippen molar-refractivity contribution in [1.29, 1.82) is 0 Å². The van der Waals surface area contributed by atoms with Crippen molar-refractivity contribution in [3.8, 4) is 0 Å². The van der Waals surface area contributed by atoms with E-state index in [1.807, 2.05) is 16.8 Å². The SMILES string of the molecule is O=C(CN1CCCCC1)c1ccsc1. The van der Waals surface area contributed by atoms with Crippen molar-refractivity contribution < 1.29 is 4.79 Å². The summed E-state index contributed by atoms with van der Waals surface area (Å²) in [6.45, 7) is 2.79. The zero-order chi connectivity index (χ0) is 9.80. The van der Waals surface area contributed by atoms with Gasteiger partial charge in [0.2, 0.25) is 0 Å². The number of thiophene rings is 1. The molecule has 1 aliphatic rings. The van der Waals surface area contributed by atoms with Crippen LogP contribution in [0.15, 0.2) is 16.8 Å². The fourth-order valence-corrected chi connectivity index (χ4v) is 2.50. The Morgan fingerprint density at radius 3 is 2.79 bits per heavy atom. The van der Waals surface area contributed by atoms with E-state index in [0.29, 0.717) is 6.54 Å². The molecule has 0 saturated carbocycles. The van der Waals surface area contributed by atoms with E-state index in [1.165, 1.54) is 19.3 Å². The molecular formula is C11H15NOS. The van der Waals surface area contributed by atoms with Crippen LogP contribution in [-0.4, -0.2) is 30.3 Å². The number of rotatable bonds is 3. The summed E-state index contributed by atoms with van der Waals surface area (Å²) in [5.74, 6) is 0.271. The van der Waals surface area contributed by atoms with Gasteiger partial charge in [0.25, 0.3) is 0 Å². The highest BCUT2D eigenvalue weighted by Gasteiger charge is 2.14. The molecule has 0 N–H and O–H groups in total. The molecule has 0 spiro atoms. The van der Waals surface area contributed by atoms with Crippen LogP contribution in [0.3, 0.4) is 0 Å². The van der Waals surface area contributed by atoms with Gasteiger partial charge in [0.15, 0.2) is 5.78 Å². The molecule has 3 heteroatoms. The Morgan fingerprint density at radius 2 is 2.14 bits per heavy atom. The van der Waals surface area contributed by atoms with Gasteiger partial charge in [-0.3, -0.25) is 9.69 Å². The minimum absolute atomic E-state index is 0.271. The average molecular weight is 209 g/mol. The molecule has 1 fully saturated rings. The number of ketones is 1. The van der Waals surface area contributed by atoms with Crippen molar-refractivity contribution in [1.82, 2.24) is 4.90 Å². The van der Waals surface area contributed by atoms with Gasteiger partial charge in [-0.1, -0.05) is 6.42 Å². The lowest BCUT2D eigenvalue weighted by atomic mass is 10.1. The molecule has 1 saturated heterocycles. The maximum absolute atomic E-state index is 11.7. The summed E-state index contributed by atoms with van der Waals surface area (Å²) in [7, 11) is 0. The molecule has 0 aromatic carbocycles. The van der Waals surface area contributed by atoms with Crippen LogP contribution in [0.5, 0.6) is 0 Å². The number of hydrogen-bond acceptors (Lipinski definition) is 3. The molecule has 76 valence electrons. The number of hydrogen-bond donors (Lipinski definition) is 0. The quantitative estimate of drug-likeness (QED) is 0.713. The fraction of sp³-hybridized carbons (Fsp3) is 0.545. The van der Waals surface area contributed by atoms with Crippen LogP contribution >= 0.6 is 11.3 Å². The second kappa shape index (κ2) is 4.71. The third-order valence-electron chi connectivity index (χ3n) is 2.66. The monoisotopic (exact) mass is 209 g/mol. The summed E-state index contributed by atoms with van der Waals surface area (Å²) in [5, 5.41) is 3.90. The normalized spacial score (nSPS) is 18.3. The molecule has 0 aliphatic carbocycles. The van der Waals surface area contributed by atoms with Gasteiger partial charge in [-0.2, -0.15) is 11.3 Å². The molecule has 2 nitrogen and oxygen atoms in total. The maximum atomic E-state index is 11.7. The van der Waals surface area contributed by atoms with E-state index in [2.05, 4.69) is 4.90 Å². The van der Waals surface area contributed by atoms with Gasteiger partial charge < -0.3 is 0 Å². The number of nitrogens with zero attached hydrogens (tertiary/aromatic N) is 1. The lowest BCUT2D eigenvalue weighted by molar-refractivity contribution is 0.0916. The molecule has 1 aromatic rings.